The Labute approximate surface area is 178 Å². The molecule has 0 radical (unpaired) electrons. The number of piperidine rings is 1. The maximum atomic E-state index is 11.6. The summed E-state index contributed by atoms with van der Waals surface area (Å²) in [5, 5.41) is 7.31. The zero-order valence-electron chi connectivity index (χ0n) is 15.2. The lowest BCUT2D eigenvalue weighted by molar-refractivity contribution is 0.275. The molecule has 0 unspecified atom stereocenters. The summed E-state index contributed by atoms with van der Waals surface area (Å²) in [5.74, 6) is 1.20. The summed E-state index contributed by atoms with van der Waals surface area (Å²) in [7, 11) is -3.07. The van der Waals surface area contributed by atoms with Gasteiger partial charge in [-0.3, -0.25) is 0 Å². The van der Waals surface area contributed by atoms with Crippen LogP contribution in [0.25, 0.3) is 0 Å². The highest BCUT2D eigenvalue weighted by Gasteiger charge is 2.24. The van der Waals surface area contributed by atoms with Gasteiger partial charge in [0.25, 0.3) is 0 Å². The number of sulfonamides is 1. The number of guanidine groups is 1. The number of rotatable bonds is 6. The van der Waals surface area contributed by atoms with Crippen LogP contribution >= 0.6 is 35.6 Å². The normalized spacial score (nSPS) is 16.8. The molecule has 2 N–H and O–H groups in total. The van der Waals surface area contributed by atoms with Crippen molar-refractivity contribution >= 4 is 51.6 Å². The minimum atomic E-state index is -3.07. The van der Waals surface area contributed by atoms with Crippen LogP contribution in [0.15, 0.2) is 29.3 Å². The fourth-order valence-electron chi connectivity index (χ4n) is 2.82. The maximum absolute atomic E-state index is 11.6. The Balaban J connectivity index is 0.00000338. The van der Waals surface area contributed by atoms with E-state index in [1.165, 1.54) is 6.26 Å². The Kier molecular flexibility index (Phi) is 10.2. The Bertz CT molecular complexity index is 692. The van der Waals surface area contributed by atoms with E-state index in [9.17, 15) is 8.42 Å². The van der Waals surface area contributed by atoms with Crippen molar-refractivity contribution in [2.75, 3.05) is 32.4 Å². The Morgan fingerprint density at radius 3 is 2.50 bits per heavy atom. The van der Waals surface area contributed by atoms with Gasteiger partial charge in [0.05, 0.1) is 12.8 Å². The third kappa shape index (κ3) is 7.58. The zero-order chi connectivity index (χ0) is 18.3. The van der Waals surface area contributed by atoms with Crippen LogP contribution in [0.5, 0.6) is 0 Å². The summed E-state index contributed by atoms with van der Waals surface area (Å²) in [4.78, 5) is 4.59. The van der Waals surface area contributed by atoms with Crippen molar-refractivity contribution in [2.45, 2.75) is 26.3 Å². The second-order valence-electron chi connectivity index (χ2n) is 6.27. The van der Waals surface area contributed by atoms with Crippen LogP contribution in [-0.2, 0) is 16.6 Å². The molecule has 2 rings (SSSR count). The van der Waals surface area contributed by atoms with E-state index >= 15 is 0 Å². The number of nitrogens with one attached hydrogen (secondary N) is 2. The molecule has 148 valence electrons. The summed E-state index contributed by atoms with van der Waals surface area (Å²) >= 11 is 6.17. The zero-order valence-corrected chi connectivity index (χ0v) is 19.1. The van der Waals surface area contributed by atoms with Crippen LogP contribution in [-0.4, -0.2) is 51.1 Å². The van der Waals surface area contributed by atoms with E-state index in [2.05, 4.69) is 15.6 Å². The van der Waals surface area contributed by atoms with Gasteiger partial charge in [0.15, 0.2) is 5.96 Å². The van der Waals surface area contributed by atoms with Crippen molar-refractivity contribution in [2.24, 2.45) is 10.9 Å². The average molecular weight is 515 g/mol. The molecule has 1 saturated heterocycles. The van der Waals surface area contributed by atoms with Gasteiger partial charge in [0.2, 0.25) is 10.0 Å². The monoisotopic (exact) mass is 514 g/mol. The second-order valence-corrected chi connectivity index (χ2v) is 8.66. The van der Waals surface area contributed by atoms with Crippen LogP contribution in [0, 0.1) is 5.92 Å². The maximum Gasteiger partial charge on any atom is 0.211 e. The second kappa shape index (κ2) is 11.3. The molecule has 0 saturated carbocycles. The van der Waals surface area contributed by atoms with E-state index in [1.807, 2.05) is 31.2 Å². The largest absolute Gasteiger partial charge is 0.357 e. The van der Waals surface area contributed by atoms with Crippen molar-refractivity contribution in [1.82, 2.24) is 14.9 Å². The van der Waals surface area contributed by atoms with Crippen molar-refractivity contribution in [3.8, 4) is 0 Å². The van der Waals surface area contributed by atoms with E-state index in [0.717, 1.165) is 42.5 Å². The van der Waals surface area contributed by atoms with E-state index < -0.39 is 10.0 Å². The summed E-state index contributed by atoms with van der Waals surface area (Å²) in [5.41, 5.74) is 0.989. The van der Waals surface area contributed by atoms with Gasteiger partial charge in [-0.05, 0) is 37.3 Å². The molecule has 9 heteroatoms. The highest BCUT2D eigenvalue weighted by molar-refractivity contribution is 14.0. The summed E-state index contributed by atoms with van der Waals surface area (Å²) in [6.07, 6.45) is 3.00. The molecule has 1 aliphatic heterocycles. The first kappa shape index (κ1) is 23.5. The number of hydrogen-bond acceptors (Lipinski definition) is 3. The first-order valence-electron chi connectivity index (χ1n) is 8.61. The minimum absolute atomic E-state index is 0. The molecule has 0 amide bonds. The first-order valence-corrected chi connectivity index (χ1v) is 10.8. The summed E-state index contributed by atoms with van der Waals surface area (Å²) in [6.45, 7) is 5.29. The standard InChI is InChI=1S/C17H27ClN4O2S.HI/c1-3-19-17(21-13-15-6-4-5-7-16(15)18)20-12-14-8-10-22(11-9-14)25(2,23)24;/h4-7,14H,3,8-13H2,1-2H3,(H2,19,20,21);1H. The fourth-order valence-corrected chi connectivity index (χ4v) is 3.89. The van der Waals surface area contributed by atoms with Crippen LogP contribution in [0.3, 0.4) is 0 Å². The lowest BCUT2D eigenvalue weighted by atomic mass is 9.98. The smallest absolute Gasteiger partial charge is 0.211 e. The van der Waals surface area contributed by atoms with Gasteiger partial charge >= 0.3 is 0 Å². The molecule has 0 atom stereocenters. The summed E-state index contributed by atoms with van der Waals surface area (Å²) < 4.78 is 24.7. The average Bonchev–Trinajstić information content (AvgIpc) is 2.58. The molecule has 26 heavy (non-hydrogen) atoms. The molecule has 1 heterocycles. The number of benzene rings is 1. The van der Waals surface area contributed by atoms with E-state index in [-0.39, 0.29) is 24.0 Å². The van der Waals surface area contributed by atoms with Crippen molar-refractivity contribution in [3.05, 3.63) is 34.9 Å². The predicted octanol–water partition coefficient (Wildman–Crippen LogP) is 2.68. The van der Waals surface area contributed by atoms with E-state index in [4.69, 9.17) is 11.6 Å². The van der Waals surface area contributed by atoms with E-state index in [1.54, 1.807) is 4.31 Å². The third-order valence-corrected chi connectivity index (χ3v) is 5.98. The molecule has 0 aromatic heterocycles. The molecular weight excluding hydrogens is 487 g/mol. The lowest BCUT2D eigenvalue weighted by Gasteiger charge is -2.30. The van der Waals surface area contributed by atoms with Gasteiger partial charge in [-0.15, -0.1) is 24.0 Å². The van der Waals surface area contributed by atoms with Crippen molar-refractivity contribution in [1.29, 1.82) is 0 Å². The topological polar surface area (TPSA) is 73.8 Å². The number of hydrogen-bond donors (Lipinski definition) is 2. The van der Waals surface area contributed by atoms with Gasteiger partial charge in [0.1, 0.15) is 0 Å². The fraction of sp³-hybridized carbons (Fsp3) is 0.588. The van der Waals surface area contributed by atoms with Gasteiger partial charge in [0, 0.05) is 31.2 Å². The number of nitrogens with zero attached hydrogens (tertiary/aromatic N) is 2. The van der Waals surface area contributed by atoms with Crippen molar-refractivity contribution < 1.29 is 8.42 Å². The predicted molar refractivity (Wildman–Crippen MR) is 119 cm³/mol. The van der Waals surface area contributed by atoms with Gasteiger partial charge < -0.3 is 10.6 Å². The van der Waals surface area contributed by atoms with Crippen molar-refractivity contribution in [3.63, 3.8) is 0 Å². The molecule has 1 aliphatic rings. The lowest BCUT2D eigenvalue weighted by Crippen LogP contribution is -2.44. The molecular formula is C17H28ClIN4O2S. The van der Waals surface area contributed by atoms with E-state index in [0.29, 0.717) is 25.6 Å². The highest BCUT2D eigenvalue weighted by atomic mass is 127. The SMILES string of the molecule is CCNC(=NCc1ccccc1Cl)NCC1CCN(S(C)(=O)=O)CC1.I. The van der Waals surface area contributed by atoms with Crippen LogP contribution < -0.4 is 10.6 Å². The Morgan fingerprint density at radius 1 is 1.27 bits per heavy atom. The Hall–Kier alpha value is -0.580. The van der Waals surface area contributed by atoms with Crippen LogP contribution in [0.4, 0.5) is 0 Å². The van der Waals surface area contributed by atoms with Gasteiger partial charge in [-0.1, -0.05) is 29.8 Å². The van der Waals surface area contributed by atoms with Crippen LogP contribution in [0.1, 0.15) is 25.3 Å². The quantitative estimate of drug-likeness (QED) is 0.348. The molecule has 1 aromatic carbocycles. The third-order valence-electron chi connectivity index (χ3n) is 4.31. The first-order chi connectivity index (χ1) is 11.9. The molecule has 0 spiro atoms. The van der Waals surface area contributed by atoms with Gasteiger partial charge in [-0.25, -0.2) is 17.7 Å². The number of halogens is 2. The highest BCUT2D eigenvalue weighted by Crippen LogP contribution is 2.18. The molecule has 1 fully saturated rings. The molecule has 6 nitrogen and oxygen atoms in total. The van der Waals surface area contributed by atoms with Crippen LogP contribution in [0.2, 0.25) is 5.02 Å². The van der Waals surface area contributed by atoms with Gasteiger partial charge in [-0.2, -0.15) is 0 Å². The molecule has 1 aromatic rings. The number of aliphatic imine (C=N–C) groups is 1. The molecule has 0 bridgehead atoms. The minimum Gasteiger partial charge on any atom is -0.357 e. The summed E-state index contributed by atoms with van der Waals surface area (Å²) in [6, 6.07) is 7.69. The Morgan fingerprint density at radius 2 is 1.92 bits per heavy atom. The molecule has 0 aliphatic carbocycles.